The predicted octanol–water partition coefficient (Wildman–Crippen LogP) is 2.02. The lowest BCUT2D eigenvalue weighted by molar-refractivity contribution is 1.15. The monoisotopic (exact) mass is 217 g/mol. The Balaban J connectivity index is 2.35. The zero-order valence-electron chi connectivity index (χ0n) is 8.32. The van der Waals surface area contributed by atoms with Crippen molar-refractivity contribution in [2.45, 2.75) is 6.92 Å². The highest BCUT2D eigenvalue weighted by atomic mass is 32.1. The number of nitrogens with one attached hydrogen (secondary N) is 1. The molecule has 0 aliphatic rings. The summed E-state index contributed by atoms with van der Waals surface area (Å²) in [5, 5.41) is 0. The smallest absolute Gasteiger partial charge is 0.103 e. The summed E-state index contributed by atoms with van der Waals surface area (Å²) < 4.78 is 0. The molecule has 0 fully saturated rings. The second-order valence-electron chi connectivity index (χ2n) is 3.32. The van der Waals surface area contributed by atoms with E-state index in [1.807, 2.05) is 37.4 Å². The van der Waals surface area contributed by atoms with Crippen molar-refractivity contribution >= 4 is 17.2 Å². The van der Waals surface area contributed by atoms with E-state index < -0.39 is 0 Å². The maximum absolute atomic E-state index is 5.52. The molecule has 4 heteroatoms. The number of aromatic nitrogens is 2. The number of aromatic amines is 1. The van der Waals surface area contributed by atoms with Gasteiger partial charge in [0, 0.05) is 5.56 Å². The Bertz CT molecular complexity index is 485. The number of nitrogens with two attached hydrogens (primary N) is 1. The van der Waals surface area contributed by atoms with Gasteiger partial charge in [0.05, 0.1) is 11.9 Å². The van der Waals surface area contributed by atoms with Gasteiger partial charge in [0.2, 0.25) is 0 Å². The average Bonchev–Trinajstić information content (AvgIpc) is 2.65. The van der Waals surface area contributed by atoms with Gasteiger partial charge in [-0.05, 0) is 12.5 Å². The van der Waals surface area contributed by atoms with Crippen LogP contribution in [0.3, 0.4) is 0 Å². The Morgan fingerprint density at radius 2 is 2.00 bits per heavy atom. The summed E-state index contributed by atoms with van der Waals surface area (Å²) in [5.41, 5.74) is 8.48. The molecule has 15 heavy (non-hydrogen) atoms. The van der Waals surface area contributed by atoms with Crippen molar-refractivity contribution < 1.29 is 0 Å². The van der Waals surface area contributed by atoms with Crippen molar-refractivity contribution in [3.8, 4) is 11.3 Å². The minimum Gasteiger partial charge on any atom is -0.389 e. The summed E-state index contributed by atoms with van der Waals surface area (Å²) in [6.07, 6.45) is 1.81. The second kappa shape index (κ2) is 3.82. The van der Waals surface area contributed by atoms with Crippen LogP contribution in [0.4, 0.5) is 0 Å². The highest BCUT2D eigenvalue weighted by molar-refractivity contribution is 7.80. The SMILES string of the molecule is Cc1ncc(-c2ccc(C(N)=S)cc2)[nH]1. The molecule has 0 saturated carbocycles. The molecule has 0 amide bonds. The average molecular weight is 217 g/mol. The van der Waals surface area contributed by atoms with Crippen molar-refractivity contribution in [1.29, 1.82) is 0 Å². The van der Waals surface area contributed by atoms with E-state index in [4.69, 9.17) is 18.0 Å². The number of hydrogen-bond donors (Lipinski definition) is 2. The first kappa shape index (κ1) is 9.86. The van der Waals surface area contributed by atoms with E-state index in [2.05, 4.69) is 9.97 Å². The second-order valence-corrected chi connectivity index (χ2v) is 3.76. The first-order valence-electron chi connectivity index (χ1n) is 4.58. The third-order valence-corrected chi connectivity index (χ3v) is 2.42. The topological polar surface area (TPSA) is 54.7 Å². The quantitative estimate of drug-likeness (QED) is 0.757. The van der Waals surface area contributed by atoms with Gasteiger partial charge in [0.25, 0.3) is 0 Å². The van der Waals surface area contributed by atoms with Gasteiger partial charge in [-0.25, -0.2) is 4.98 Å². The van der Waals surface area contributed by atoms with Gasteiger partial charge in [-0.15, -0.1) is 0 Å². The van der Waals surface area contributed by atoms with Crippen molar-refractivity contribution in [3.05, 3.63) is 41.9 Å². The minimum absolute atomic E-state index is 0.419. The first-order chi connectivity index (χ1) is 7.16. The summed E-state index contributed by atoms with van der Waals surface area (Å²) in [7, 11) is 0. The third kappa shape index (κ3) is 2.05. The molecular formula is C11H11N3S. The van der Waals surface area contributed by atoms with Gasteiger partial charge in [-0.1, -0.05) is 36.5 Å². The van der Waals surface area contributed by atoms with Gasteiger partial charge in [0.15, 0.2) is 0 Å². The van der Waals surface area contributed by atoms with Gasteiger partial charge >= 0.3 is 0 Å². The number of hydrogen-bond acceptors (Lipinski definition) is 2. The van der Waals surface area contributed by atoms with Crippen LogP contribution in [0.15, 0.2) is 30.5 Å². The van der Waals surface area contributed by atoms with Crippen LogP contribution in [-0.2, 0) is 0 Å². The molecule has 3 nitrogen and oxygen atoms in total. The van der Waals surface area contributed by atoms with Crippen LogP contribution in [-0.4, -0.2) is 15.0 Å². The largest absolute Gasteiger partial charge is 0.389 e. The van der Waals surface area contributed by atoms with Crippen LogP contribution in [0.25, 0.3) is 11.3 Å². The van der Waals surface area contributed by atoms with Crippen molar-refractivity contribution in [1.82, 2.24) is 9.97 Å². The molecule has 0 saturated heterocycles. The fourth-order valence-electron chi connectivity index (χ4n) is 1.38. The number of benzene rings is 1. The summed E-state index contributed by atoms with van der Waals surface area (Å²) in [4.78, 5) is 7.73. The molecule has 0 atom stereocenters. The van der Waals surface area contributed by atoms with E-state index in [9.17, 15) is 0 Å². The van der Waals surface area contributed by atoms with Crippen LogP contribution in [0.2, 0.25) is 0 Å². The Morgan fingerprint density at radius 1 is 1.33 bits per heavy atom. The van der Waals surface area contributed by atoms with Gasteiger partial charge in [-0.2, -0.15) is 0 Å². The number of nitrogens with zero attached hydrogens (tertiary/aromatic N) is 1. The zero-order valence-corrected chi connectivity index (χ0v) is 9.14. The summed E-state index contributed by atoms with van der Waals surface area (Å²) in [6, 6.07) is 7.77. The lowest BCUT2D eigenvalue weighted by Crippen LogP contribution is -2.08. The zero-order chi connectivity index (χ0) is 10.8. The maximum atomic E-state index is 5.52. The summed E-state index contributed by atoms with van der Waals surface area (Å²) >= 11 is 4.88. The molecule has 0 radical (unpaired) electrons. The molecular weight excluding hydrogens is 206 g/mol. The van der Waals surface area contributed by atoms with Gasteiger partial charge < -0.3 is 10.7 Å². The lowest BCUT2D eigenvalue weighted by atomic mass is 10.1. The Hall–Kier alpha value is -1.68. The highest BCUT2D eigenvalue weighted by Crippen LogP contribution is 2.17. The third-order valence-electron chi connectivity index (χ3n) is 2.18. The highest BCUT2D eigenvalue weighted by Gasteiger charge is 2.01. The van der Waals surface area contributed by atoms with Gasteiger partial charge in [0.1, 0.15) is 10.8 Å². The minimum atomic E-state index is 0.419. The molecule has 1 heterocycles. The fraction of sp³-hybridized carbons (Fsp3) is 0.0909. The fourth-order valence-corrected chi connectivity index (χ4v) is 1.52. The number of H-pyrrole nitrogens is 1. The molecule has 2 aromatic rings. The molecule has 0 bridgehead atoms. The molecule has 0 unspecified atom stereocenters. The van der Waals surface area contributed by atoms with E-state index in [-0.39, 0.29) is 0 Å². The van der Waals surface area contributed by atoms with E-state index in [0.29, 0.717) is 4.99 Å². The van der Waals surface area contributed by atoms with E-state index in [0.717, 1.165) is 22.6 Å². The molecule has 0 aliphatic carbocycles. The van der Waals surface area contributed by atoms with Crippen LogP contribution in [0.1, 0.15) is 11.4 Å². The van der Waals surface area contributed by atoms with E-state index in [1.165, 1.54) is 0 Å². The first-order valence-corrected chi connectivity index (χ1v) is 4.99. The van der Waals surface area contributed by atoms with Crippen LogP contribution in [0, 0.1) is 6.92 Å². The van der Waals surface area contributed by atoms with Gasteiger partial charge in [-0.3, -0.25) is 0 Å². The summed E-state index contributed by atoms with van der Waals surface area (Å²) in [6.45, 7) is 1.92. The van der Waals surface area contributed by atoms with Crippen LogP contribution >= 0.6 is 12.2 Å². The molecule has 1 aromatic heterocycles. The number of thiocarbonyl (C=S) groups is 1. The predicted molar refractivity (Wildman–Crippen MR) is 64.6 cm³/mol. The van der Waals surface area contributed by atoms with E-state index >= 15 is 0 Å². The normalized spacial score (nSPS) is 10.2. The van der Waals surface area contributed by atoms with Crippen molar-refractivity contribution in [2.75, 3.05) is 0 Å². The van der Waals surface area contributed by atoms with Crippen molar-refractivity contribution in [2.24, 2.45) is 5.73 Å². The molecule has 0 spiro atoms. The van der Waals surface area contributed by atoms with Crippen LogP contribution in [0.5, 0.6) is 0 Å². The molecule has 1 aromatic carbocycles. The number of aryl methyl sites for hydroxylation is 1. The van der Waals surface area contributed by atoms with E-state index in [1.54, 1.807) is 0 Å². The molecule has 0 aliphatic heterocycles. The molecule has 3 N–H and O–H groups in total. The Kier molecular flexibility index (Phi) is 2.51. The van der Waals surface area contributed by atoms with Crippen LogP contribution < -0.4 is 5.73 Å². The maximum Gasteiger partial charge on any atom is 0.103 e. The van der Waals surface area contributed by atoms with Crippen molar-refractivity contribution in [3.63, 3.8) is 0 Å². The Morgan fingerprint density at radius 3 is 2.47 bits per heavy atom. The standard InChI is InChI=1S/C11H11N3S/c1-7-13-6-10(14-7)8-2-4-9(5-3-8)11(12)15/h2-6H,1H3,(H2,12,15)(H,13,14). The number of rotatable bonds is 2. The summed E-state index contributed by atoms with van der Waals surface area (Å²) in [5.74, 6) is 0.906. The number of imidazole rings is 1. The molecule has 2 rings (SSSR count). The molecule has 76 valence electrons. The lowest BCUT2D eigenvalue weighted by Gasteiger charge is -2.00. The Labute approximate surface area is 93.3 Å².